The van der Waals surface area contributed by atoms with Crippen LogP contribution in [0.25, 0.3) is 0 Å². The molecular weight excluding hydrogens is 452 g/mol. The van der Waals surface area contributed by atoms with Gasteiger partial charge in [0.25, 0.3) is 5.91 Å². The van der Waals surface area contributed by atoms with Crippen LogP contribution < -0.4 is 30.3 Å². The average Bonchev–Trinajstić information content (AvgIpc) is 2.88. The Morgan fingerprint density at radius 2 is 1.49 bits per heavy atom. The molecule has 0 aromatic heterocycles. The summed E-state index contributed by atoms with van der Waals surface area (Å²) in [6.07, 6.45) is 1.35. The topological polar surface area (TPSA) is 127 Å². The van der Waals surface area contributed by atoms with Crippen LogP contribution in [0.5, 0.6) is 17.2 Å². The van der Waals surface area contributed by atoms with E-state index in [0.29, 0.717) is 34.2 Å². The number of carbonyl (C=O) groups is 3. The van der Waals surface area contributed by atoms with Crippen molar-refractivity contribution in [1.29, 1.82) is 0 Å². The number of nitrogens with zero attached hydrogens (tertiary/aromatic N) is 1. The molecule has 180 valence electrons. The lowest BCUT2D eigenvalue weighted by molar-refractivity contribution is -0.136. The van der Waals surface area contributed by atoms with E-state index >= 15 is 0 Å². The maximum Gasteiger partial charge on any atom is 0.329 e. The van der Waals surface area contributed by atoms with Crippen LogP contribution in [0.3, 0.4) is 0 Å². The Kier molecular flexibility index (Phi) is 8.78. The summed E-state index contributed by atoms with van der Waals surface area (Å²) >= 11 is 0. The number of carbonyl (C=O) groups excluding carboxylic acids is 3. The van der Waals surface area contributed by atoms with Crippen molar-refractivity contribution >= 4 is 35.3 Å². The number of methoxy groups -OCH3 is 2. The Balaban J connectivity index is 1.47. The molecule has 3 aromatic rings. The fourth-order valence-electron chi connectivity index (χ4n) is 2.81. The van der Waals surface area contributed by atoms with E-state index in [1.165, 1.54) is 13.3 Å². The summed E-state index contributed by atoms with van der Waals surface area (Å²) < 4.78 is 15.7. The molecule has 0 atom stereocenters. The molecule has 0 saturated heterocycles. The van der Waals surface area contributed by atoms with Crippen molar-refractivity contribution in [3.63, 3.8) is 0 Å². The van der Waals surface area contributed by atoms with Gasteiger partial charge in [0, 0.05) is 17.4 Å². The number of ether oxygens (including phenoxy) is 3. The molecule has 0 heterocycles. The van der Waals surface area contributed by atoms with E-state index in [1.54, 1.807) is 79.9 Å². The lowest BCUT2D eigenvalue weighted by Crippen LogP contribution is -2.32. The van der Waals surface area contributed by atoms with Crippen LogP contribution in [0.1, 0.15) is 5.56 Å². The molecule has 10 nitrogen and oxygen atoms in total. The third-order valence-corrected chi connectivity index (χ3v) is 4.52. The molecule has 0 fully saturated rings. The van der Waals surface area contributed by atoms with Gasteiger partial charge in [0.2, 0.25) is 0 Å². The van der Waals surface area contributed by atoms with Gasteiger partial charge in [0.05, 0.1) is 20.4 Å². The Morgan fingerprint density at radius 3 is 2.23 bits per heavy atom. The molecule has 3 rings (SSSR count). The monoisotopic (exact) mass is 476 g/mol. The third kappa shape index (κ3) is 7.90. The summed E-state index contributed by atoms with van der Waals surface area (Å²) in [4.78, 5) is 36.1. The Morgan fingerprint density at radius 1 is 0.771 bits per heavy atom. The smallest absolute Gasteiger partial charge is 0.329 e. The minimum absolute atomic E-state index is 0.208. The molecule has 3 N–H and O–H groups in total. The lowest BCUT2D eigenvalue weighted by Gasteiger charge is -2.09. The zero-order chi connectivity index (χ0) is 25.0. The first-order chi connectivity index (χ1) is 17.0. The van der Waals surface area contributed by atoms with Crippen LogP contribution >= 0.6 is 0 Å². The molecule has 35 heavy (non-hydrogen) atoms. The fraction of sp³-hybridized carbons (Fsp3) is 0.120. The van der Waals surface area contributed by atoms with E-state index in [1.807, 2.05) is 0 Å². The minimum atomic E-state index is -0.932. The van der Waals surface area contributed by atoms with E-state index in [-0.39, 0.29) is 12.5 Å². The Hall–Kier alpha value is -4.86. The molecule has 0 spiro atoms. The van der Waals surface area contributed by atoms with Crippen molar-refractivity contribution in [3.8, 4) is 17.2 Å². The molecular formula is C25H24N4O6. The summed E-state index contributed by atoms with van der Waals surface area (Å²) in [7, 11) is 3.07. The van der Waals surface area contributed by atoms with Gasteiger partial charge < -0.3 is 24.8 Å². The van der Waals surface area contributed by atoms with Gasteiger partial charge in [0.1, 0.15) is 17.2 Å². The molecule has 0 saturated carbocycles. The van der Waals surface area contributed by atoms with Gasteiger partial charge in [-0.2, -0.15) is 5.10 Å². The van der Waals surface area contributed by atoms with Crippen LogP contribution in [-0.2, 0) is 14.4 Å². The van der Waals surface area contributed by atoms with Gasteiger partial charge in [-0.05, 0) is 54.1 Å². The first-order valence-electron chi connectivity index (χ1n) is 10.4. The minimum Gasteiger partial charge on any atom is -0.497 e. The van der Waals surface area contributed by atoms with Gasteiger partial charge in [-0.25, -0.2) is 5.43 Å². The van der Waals surface area contributed by atoms with Crippen LogP contribution in [0, 0.1) is 0 Å². The van der Waals surface area contributed by atoms with Crippen LogP contribution in [-0.4, -0.2) is 44.8 Å². The number of benzene rings is 3. The Labute approximate surface area is 201 Å². The number of anilines is 2. The zero-order valence-electron chi connectivity index (χ0n) is 19.1. The van der Waals surface area contributed by atoms with Crippen molar-refractivity contribution in [3.05, 3.63) is 78.4 Å². The standard InChI is InChI=1S/C25H24N4O6/c1-33-20-11-9-18(10-12-20)28-24(31)25(32)29-26-15-17-5-3-8-22(13-17)35-16-23(30)27-19-6-4-7-21(14-19)34-2/h3-15H,16H2,1-2H3,(H,27,30)(H,28,31)(H,29,32)/b26-15-. The summed E-state index contributed by atoms with van der Waals surface area (Å²) in [5.41, 5.74) is 3.78. The molecule has 0 aliphatic rings. The van der Waals surface area contributed by atoms with E-state index in [2.05, 4.69) is 21.2 Å². The number of hydrazone groups is 1. The first kappa shape index (κ1) is 24.8. The maximum absolute atomic E-state index is 12.1. The molecule has 0 aliphatic heterocycles. The van der Waals surface area contributed by atoms with Crippen molar-refractivity contribution < 1.29 is 28.6 Å². The van der Waals surface area contributed by atoms with E-state index in [9.17, 15) is 14.4 Å². The summed E-state index contributed by atoms with van der Waals surface area (Å²) in [5.74, 6) is -0.460. The highest BCUT2D eigenvalue weighted by atomic mass is 16.5. The van der Waals surface area contributed by atoms with Crippen molar-refractivity contribution in [1.82, 2.24) is 5.43 Å². The largest absolute Gasteiger partial charge is 0.497 e. The van der Waals surface area contributed by atoms with Gasteiger partial charge in [-0.3, -0.25) is 14.4 Å². The molecule has 0 radical (unpaired) electrons. The van der Waals surface area contributed by atoms with Gasteiger partial charge >= 0.3 is 11.8 Å². The summed E-state index contributed by atoms with van der Waals surface area (Å²) in [6.45, 7) is -0.208. The van der Waals surface area contributed by atoms with E-state index in [0.717, 1.165) is 0 Å². The number of amides is 3. The highest BCUT2D eigenvalue weighted by molar-refractivity contribution is 6.39. The predicted molar refractivity (Wildman–Crippen MR) is 131 cm³/mol. The maximum atomic E-state index is 12.1. The molecule has 10 heteroatoms. The number of hydrogen-bond acceptors (Lipinski definition) is 7. The SMILES string of the molecule is COc1ccc(NC(=O)C(=O)N/N=C\c2cccc(OCC(=O)Nc3cccc(OC)c3)c2)cc1. The van der Waals surface area contributed by atoms with Crippen LogP contribution in [0.15, 0.2) is 77.9 Å². The van der Waals surface area contributed by atoms with Crippen molar-refractivity contribution in [2.45, 2.75) is 0 Å². The highest BCUT2D eigenvalue weighted by Gasteiger charge is 2.13. The summed E-state index contributed by atoms with van der Waals surface area (Å²) in [6, 6.07) is 20.2. The average molecular weight is 476 g/mol. The lowest BCUT2D eigenvalue weighted by atomic mass is 10.2. The Bertz CT molecular complexity index is 1210. The highest BCUT2D eigenvalue weighted by Crippen LogP contribution is 2.17. The number of rotatable bonds is 9. The molecule has 0 unspecified atom stereocenters. The van der Waals surface area contributed by atoms with Crippen LogP contribution in [0.2, 0.25) is 0 Å². The molecule has 0 bridgehead atoms. The van der Waals surface area contributed by atoms with Crippen molar-refractivity contribution in [2.75, 3.05) is 31.5 Å². The second-order valence-corrected chi connectivity index (χ2v) is 7.02. The van der Waals surface area contributed by atoms with Crippen molar-refractivity contribution in [2.24, 2.45) is 5.10 Å². The second-order valence-electron chi connectivity index (χ2n) is 7.02. The van der Waals surface area contributed by atoms with Crippen LogP contribution in [0.4, 0.5) is 11.4 Å². The quantitative estimate of drug-likeness (QED) is 0.248. The fourth-order valence-corrected chi connectivity index (χ4v) is 2.81. The van der Waals surface area contributed by atoms with E-state index < -0.39 is 11.8 Å². The first-order valence-corrected chi connectivity index (χ1v) is 10.4. The normalized spacial score (nSPS) is 10.3. The predicted octanol–water partition coefficient (Wildman–Crippen LogP) is 2.81. The molecule has 3 amide bonds. The van der Waals surface area contributed by atoms with Gasteiger partial charge in [0.15, 0.2) is 6.61 Å². The summed E-state index contributed by atoms with van der Waals surface area (Å²) in [5, 5.41) is 8.96. The third-order valence-electron chi connectivity index (χ3n) is 4.52. The van der Waals surface area contributed by atoms with Gasteiger partial charge in [-0.15, -0.1) is 0 Å². The zero-order valence-corrected chi connectivity index (χ0v) is 19.1. The molecule has 0 aliphatic carbocycles. The number of hydrogen-bond donors (Lipinski definition) is 3. The molecule has 3 aromatic carbocycles. The van der Waals surface area contributed by atoms with Gasteiger partial charge in [-0.1, -0.05) is 18.2 Å². The second kappa shape index (κ2) is 12.4. The number of nitrogens with one attached hydrogen (secondary N) is 3. The van der Waals surface area contributed by atoms with E-state index in [4.69, 9.17) is 14.2 Å².